The lowest BCUT2D eigenvalue weighted by atomic mass is 10.3. The first kappa shape index (κ1) is 13.0. The summed E-state index contributed by atoms with van der Waals surface area (Å²) in [6.45, 7) is 1.94. The molecule has 19 heavy (non-hydrogen) atoms. The molecule has 1 saturated heterocycles. The summed E-state index contributed by atoms with van der Waals surface area (Å²) >= 11 is 0. The molecule has 2 heterocycles. The van der Waals surface area contributed by atoms with Gasteiger partial charge in [0.05, 0.1) is 6.20 Å². The summed E-state index contributed by atoms with van der Waals surface area (Å²) in [5, 5.41) is 6.37. The Kier molecular flexibility index (Phi) is 3.34. The maximum absolute atomic E-state index is 12.3. The van der Waals surface area contributed by atoms with Crippen molar-refractivity contribution in [1.82, 2.24) is 19.8 Å². The number of hydrogen-bond acceptors (Lipinski definition) is 5. The molecule has 1 aromatic rings. The molecule has 4 N–H and O–H groups in total. The van der Waals surface area contributed by atoms with Crippen molar-refractivity contribution in [2.45, 2.75) is 42.9 Å². The summed E-state index contributed by atoms with van der Waals surface area (Å²) in [7, 11) is -3.55. The van der Waals surface area contributed by atoms with Crippen molar-refractivity contribution < 1.29 is 8.42 Å². The van der Waals surface area contributed by atoms with Gasteiger partial charge < -0.3 is 5.73 Å². The molecular weight excluding hydrogens is 266 g/mol. The lowest BCUT2D eigenvalue weighted by Crippen LogP contribution is -2.38. The van der Waals surface area contributed by atoms with Crippen LogP contribution in [0.5, 0.6) is 0 Å². The van der Waals surface area contributed by atoms with Crippen molar-refractivity contribution in [2.24, 2.45) is 5.73 Å². The van der Waals surface area contributed by atoms with Gasteiger partial charge in [0.2, 0.25) is 0 Å². The molecule has 3 rings (SSSR count). The maximum Gasteiger partial charge on any atom is 0.258 e. The first-order valence-corrected chi connectivity index (χ1v) is 8.07. The standard InChI is InChI=1S/C11H19N5O2S/c12-5-8-6-13-14-11(8)19(17,18)15-9-3-4-16(7-9)10-1-2-10/h6,9-10,15H,1-5,7,12H2,(H,13,14). The van der Waals surface area contributed by atoms with Crippen LogP contribution in [-0.4, -0.2) is 48.7 Å². The molecule has 0 bridgehead atoms. The zero-order chi connectivity index (χ0) is 13.5. The van der Waals surface area contributed by atoms with Crippen molar-refractivity contribution in [3.63, 3.8) is 0 Å². The molecule has 8 heteroatoms. The molecule has 1 aliphatic heterocycles. The molecule has 106 valence electrons. The van der Waals surface area contributed by atoms with Crippen LogP contribution in [0, 0.1) is 0 Å². The minimum atomic E-state index is -3.55. The topological polar surface area (TPSA) is 104 Å². The number of aromatic amines is 1. The molecule has 0 amide bonds. The van der Waals surface area contributed by atoms with Gasteiger partial charge in [0.15, 0.2) is 5.03 Å². The quantitative estimate of drug-likeness (QED) is 0.669. The highest BCUT2D eigenvalue weighted by atomic mass is 32.2. The Morgan fingerprint density at radius 1 is 1.47 bits per heavy atom. The average Bonchev–Trinajstić information content (AvgIpc) is 2.92. The van der Waals surface area contributed by atoms with Gasteiger partial charge in [0, 0.05) is 37.3 Å². The number of nitrogens with zero attached hydrogens (tertiary/aromatic N) is 2. The number of nitrogens with one attached hydrogen (secondary N) is 2. The van der Waals surface area contributed by atoms with Gasteiger partial charge in [0.1, 0.15) is 0 Å². The van der Waals surface area contributed by atoms with Gasteiger partial charge in [-0.2, -0.15) is 5.10 Å². The van der Waals surface area contributed by atoms with Crippen LogP contribution in [0.3, 0.4) is 0 Å². The molecule has 7 nitrogen and oxygen atoms in total. The molecule has 1 saturated carbocycles. The van der Waals surface area contributed by atoms with E-state index in [1.807, 2.05) is 0 Å². The summed E-state index contributed by atoms with van der Waals surface area (Å²) < 4.78 is 27.3. The van der Waals surface area contributed by atoms with E-state index in [1.54, 1.807) is 0 Å². The summed E-state index contributed by atoms with van der Waals surface area (Å²) in [5.74, 6) is 0. The number of hydrogen-bond donors (Lipinski definition) is 3. The highest BCUT2D eigenvalue weighted by Crippen LogP contribution is 2.30. The fourth-order valence-electron chi connectivity index (χ4n) is 2.61. The van der Waals surface area contributed by atoms with Crippen LogP contribution in [0.4, 0.5) is 0 Å². The first-order valence-electron chi connectivity index (χ1n) is 6.59. The molecule has 0 spiro atoms. The van der Waals surface area contributed by atoms with Gasteiger partial charge in [0.25, 0.3) is 10.0 Å². The first-order chi connectivity index (χ1) is 9.10. The van der Waals surface area contributed by atoms with Gasteiger partial charge in [-0.25, -0.2) is 13.1 Å². The Balaban J connectivity index is 1.68. The lowest BCUT2D eigenvalue weighted by molar-refractivity contribution is 0.322. The summed E-state index contributed by atoms with van der Waals surface area (Å²) in [4.78, 5) is 2.37. The highest BCUT2D eigenvalue weighted by Gasteiger charge is 2.36. The predicted molar refractivity (Wildman–Crippen MR) is 69.8 cm³/mol. The Bertz CT molecular complexity index is 551. The second-order valence-electron chi connectivity index (χ2n) is 5.26. The molecule has 2 fully saturated rings. The van der Waals surface area contributed by atoms with E-state index in [1.165, 1.54) is 19.0 Å². The predicted octanol–water partition coefficient (Wildman–Crippen LogP) is -0.617. The fourth-order valence-corrected chi connectivity index (χ4v) is 4.01. The van der Waals surface area contributed by atoms with Crippen molar-refractivity contribution in [3.05, 3.63) is 11.8 Å². The van der Waals surface area contributed by atoms with E-state index in [9.17, 15) is 8.42 Å². The highest BCUT2D eigenvalue weighted by molar-refractivity contribution is 7.89. The van der Waals surface area contributed by atoms with Crippen LogP contribution >= 0.6 is 0 Å². The summed E-state index contributed by atoms with van der Waals surface area (Å²) in [5.41, 5.74) is 6.03. The third kappa shape index (κ3) is 2.66. The number of aromatic nitrogens is 2. The Morgan fingerprint density at radius 3 is 2.95 bits per heavy atom. The van der Waals surface area contributed by atoms with Gasteiger partial charge in [-0.1, -0.05) is 0 Å². The average molecular weight is 285 g/mol. The van der Waals surface area contributed by atoms with Crippen LogP contribution in [-0.2, 0) is 16.6 Å². The van der Waals surface area contributed by atoms with Crippen LogP contribution in [0.2, 0.25) is 0 Å². The molecule has 1 aromatic heterocycles. The zero-order valence-corrected chi connectivity index (χ0v) is 11.5. The van der Waals surface area contributed by atoms with Crippen LogP contribution in [0.1, 0.15) is 24.8 Å². The van der Waals surface area contributed by atoms with E-state index >= 15 is 0 Å². The van der Waals surface area contributed by atoms with Gasteiger partial charge in [-0.15, -0.1) is 0 Å². The van der Waals surface area contributed by atoms with E-state index < -0.39 is 10.0 Å². The van der Waals surface area contributed by atoms with E-state index in [0.717, 1.165) is 19.5 Å². The molecular formula is C11H19N5O2S. The maximum atomic E-state index is 12.3. The monoisotopic (exact) mass is 285 g/mol. The lowest BCUT2D eigenvalue weighted by Gasteiger charge is -2.15. The summed E-state index contributed by atoms with van der Waals surface area (Å²) in [6, 6.07) is 0.667. The smallest absolute Gasteiger partial charge is 0.258 e. The van der Waals surface area contributed by atoms with Crippen LogP contribution in [0.25, 0.3) is 0 Å². The number of nitrogens with two attached hydrogens (primary N) is 1. The van der Waals surface area contributed by atoms with Crippen molar-refractivity contribution in [2.75, 3.05) is 13.1 Å². The third-order valence-corrected chi connectivity index (χ3v) is 5.31. The fraction of sp³-hybridized carbons (Fsp3) is 0.727. The second kappa shape index (κ2) is 4.86. The minimum Gasteiger partial charge on any atom is -0.326 e. The van der Waals surface area contributed by atoms with Gasteiger partial charge in [-0.05, 0) is 19.3 Å². The van der Waals surface area contributed by atoms with Crippen molar-refractivity contribution >= 4 is 10.0 Å². The van der Waals surface area contributed by atoms with E-state index in [2.05, 4.69) is 19.8 Å². The molecule has 2 aliphatic rings. The van der Waals surface area contributed by atoms with Crippen molar-refractivity contribution in [3.8, 4) is 0 Å². The normalized spacial score (nSPS) is 25.0. The van der Waals surface area contributed by atoms with Gasteiger partial charge >= 0.3 is 0 Å². The van der Waals surface area contributed by atoms with Crippen LogP contribution < -0.4 is 10.5 Å². The summed E-state index contributed by atoms with van der Waals surface area (Å²) in [6.07, 6.45) is 4.82. The zero-order valence-electron chi connectivity index (χ0n) is 10.7. The van der Waals surface area contributed by atoms with E-state index in [-0.39, 0.29) is 17.6 Å². The Morgan fingerprint density at radius 2 is 2.26 bits per heavy atom. The molecule has 0 aromatic carbocycles. The van der Waals surface area contributed by atoms with E-state index in [4.69, 9.17) is 5.73 Å². The molecule has 0 radical (unpaired) electrons. The second-order valence-corrected chi connectivity index (χ2v) is 6.91. The van der Waals surface area contributed by atoms with Gasteiger partial charge in [-0.3, -0.25) is 10.00 Å². The molecule has 1 atom stereocenters. The van der Waals surface area contributed by atoms with E-state index in [0.29, 0.717) is 11.6 Å². The van der Waals surface area contributed by atoms with Crippen LogP contribution in [0.15, 0.2) is 11.2 Å². The van der Waals surface area contributed by atoms with Crippen molar-refractivity contribution in [1.29, 1.82) is 0 Å². The number of likely N-dealkylation sites (tertiary alicyclic amines) is 1. The SMILES string of the molecule is NCc1cn[nH]c1S(=O)(=O)NC1CCN(C2CC2)C1. The number of rotatable bonds is 5. The Hall–Kier alpha value is -0.960. The number of H-pyrrole nitrogens is 1. The minimum absolute atomic E-state index is 0.0143. The Labute approximate surface area is 112 Å². The number of sulfonamides is 1. The third-order valence-electron chi connectivity index (χ3n) is 3.77. The largest absolute Gasteiger partial charge is 0.326 e. The molecule has 1 aliphatic carbocycles. The molecule has 1 unspecified atom stereocenters.